The zero-order valence-corrected chi connectivity index (χ0v) is 9.59. The van der Waals surface area contributed by atoms with E-state index in [2.05, 4.69) is 10.6 Å². The maximum absolute atomic E-state index is 13.2. The Kier molecular flexibility index (Phi) is 4.76. The lowest BCUT2D eigenvalue weighted by Crippen LogP contribution is -2.36. The van der Waals surface area contributed by atoms with Gasteiger partial charge in [-0.25, -0.2) is 4.39 Å². The molecule has 88 valence electrons. The molecule has 1 unspecified atom stereocenters. The Morgan fingerprint density at radius 1 is 1.44 bits per heavy atom. The van der Waals surface area contributed by atoms with E-state index in [1.54, 1.807) is 18.2 Å². The second kappa shape index (κ2) is 6.10. The molecule has 1 amide bonds. The number of anilines is 1. The minimum Gasteiger partial charge on any atom is -0.374 e. The molecule has 0 aliphatic rings. The molecule has 1 atom stereocenters. The van der Waals surface area contributed by atoms with Crippen LogP contribution in [0, 0.1) is 5.82 Å². The van der Waals surface area contributed by atoms with Gasteiger partial charge in [0.25, 0.3) is 0 Å². The van der Waals surface area contributed by atoms with E-state index in [1.165, 1.54) is 6.07 Å². The van der Waals surface area contributed by atoms with Crippen LogP contribution in [0.25, 0.3) is 0 Å². The number of rotatable bonds is 5. The molecule has 4 heteroatoms. The van der Waals surface area contributed by atoms with Gasteiger partial charge < -0.3 is 10.6 Å². The summed E-state index contributed by atoms with van der Waals surface area (Å²) >= 11 is 0. The second-order valence-corrected chi connectivity index (χ2v) is 3.71. The smallest absolute Gasteiger partial charge is 0.239 e. The summed E-state index contributed by atoms with van der Waals surface area (Å²) in [5.41, 5.74) is 0.349. The van der Waals surface area contributed by atoms with Crippen molar-refractivity contribution in [1.29, 1.82) is 0 Å². The average molecular weight is 224 g/mol. The number of para-hydroxylation sites is 1. The first kappa shape index (κ1) is 12.5. The first-order valence-corrected chi connectivity index (χ1v) is 5.41. The summed E-state index contributed by atoms with van der Waals surface area (Å²) in [6, 6.07) is 6.44. The van der Waals surface area contributed by atoms with Crippen LogP contribution in [-0.2, 0) is 4.79 Å². The molecule has 2 N–H and O–H groups in total. The maximum Gasteiger partial charge on any atom is 0.239 e. The van der Waals surface area contributed by atoms with Crippen LogP contribution in [0.15, 0.2) is 24.3 Å². The number of hydrogen-bond donors (Lipinski definition) is 2. The first-order valence-electron chi connectivity index (χ1n) is 5.41. The van der Waals surface area contributed by atoms with E-state index in [9.17, 15) is 9.18 Å². The number of carbonyl (C=O) groups excluding carboxylic acids is 1. The fraction of sp³-hybridized carbons (Fsp3) is 0.417. The summed E-state index contributed by atoms with van der Waals surface area (Å²) in [6.07, 6.45) is 0.880. The van der Waals surface area contributed by atoms with Crippen molar-refractivity contribution in [3.63, 3.8) is 0 Å². The largest absolute Gasteiger partial charge is 0.374 e. The van der Waals surface area contributed by atoms with Gasteiger partial charge in [0.15, 0.2) is 0 Å². The molecule has 0 aromatic heterocycles. The van der Waals surface area contributed by atoms with Gasteiger partial charge in [0.2, 0.25) is 5.91 Å². The zero-order valence-electron chi connectivity index (χ0n) is 9.59. The van der Waals surface area contributed by atoms with Crippen molar-refractivity contribution in [3.05, 3.63) is 30.1 Å². The first-order chi connectivity index (χ1) is 7.63. The molecule has 1 aromatic carbocycles. The van der Waals surface area contributed by atoms with Crippen LogP contribution in [0.1, 0.15) is 20.3 Å². The predicted octanol–water partition coefficient (Wildman–Crippen LogP) is 2.15. The topological polar surface area (TPSA) is 41.1 Å². The third-order valence-corrected chi connectivity index (χ3v) is 2.33. The third-order valence-electron chi connectivity index (χ3n) is 2.33. The highest BCUT2D eigenvalue weighted by Crippen LogP contribution is 2.11. The molecule has 1 rings (SSSR count). The van der Waals surface area contributed by atoms with Gasteiger partial charge in [0.1, 0.15) is 5.82 Å². The van der Waals surface area contributed by atoms with Gasteiger partial charge in [0, 0.05) is 6.04 Å². The van der Waals surface area contributed by atoms with Crippen LogP contribution in [0.4, 0.5) is 10.1 Å². The summed E-state index contributed by atoms with van der Waals surface area (Å²) in [4.78, 5) is 11.4. The van der Waals surface area contributed by atoms with E-state index in [0.717, 1.165) is 6.42 Å². The van der Waals surface area contributed by atoms with Crippen molar-refractivity contribution < 1.29 is 9.18 Å². The average Bonchev–Trinajstić information content (AvgIpc) is 2.28. The van der Waals surface area contributed by atoms with Gasteiger partial charge in [0.05, 0.1) is 12.2 Å². The SMILES string of the molecule is CCC(C)NC(=O)CNc1ccccc1F. The highest BCUT2D eigenvalue weighted by molar-refractivity contribution is 5.80. The van der Waals surface area contributed by atoms with Gasteiger partial charge in [-0.2, -0.15) is 0 Å². The van der Waals surface area contributed by atoms with Crippen LogP contribution >= 0.6 is 0 Å². The van der Waals surface area contributed by atoms with Crippen LogP contribution < -0.4 is 10.6 Å². The quantitative estimate of drug-likeness (QED) is 0.804. The molecule has 1 aromatic rings. The summed E-state index contributed by atoms with van der Waals surface area (Å²) in [5, 5.41) is 5.55. The molecule has 0 radical (unpaired) electrons. The fourth-order valence-electron chi connectivity index (χ4n) is 1.21. The van der Waals surface area contributed by atoms with Crippen molar-refractivity contribution in [2.45, 2.75) is 26.3 Å². The Balaban J connectivity index is 2.40. The molecule has 0 heterocycles. The number of nitrogens with one attached hydrogen (secondary N) is 2. The van der Waals surface area contributed by atoms with Gasteiger partial charge >= 0.3 is 0 Å². The lowest BCUT2D eigenvalue weighted by atomic mass is 10.2. The predicted molar refractivity (Wildman–Crippen MR) is 62.8 cm³/mol. The summed E-state index contributed by atoms with van der Waals surface area (Å²) < 4.78 is 13.2. The number of halogens is 1. The molecule has 0 saturated heterocycles. The number of amides is 1. The van der Waals surface area contributed by atoms with Crippen molar-refractivity contribution in [3.8, 4) is 0 Å². The van der Waals surface area contributed by atoms with Gasteiger partial charge in [-0.05, 0) is 25.5 Å². The molecular formula is C12H17FN2O. The molecule has 0 aliphatic carbocycles. The van der Waals surface area contributed by atoms with E-state index in [-0.39, 0.29) is 24.3 Å². The summed E-state index contributed by atoms with van der Waals surface area (Å²) in [5.74, 6) is -0.476. The number of carbonyl (C=O) groups is 1. The fourth-order valence-corrected chi connectivity index (χ4v) is 1.21. The second-order valence-electron chi connectivity index (χ2n) is 3.71. The zero-order chi connectivity index (χ0) is 12.0. The summed E-state index contributed by atoms with van der Waals surface area (Å²) in [6.45, 7) is 4.02. The lowest BCUT2D eigenvalue weighted by molar-refractivity contribution is -0.120. The van der Waals surface area contributed by atoms with Gasteiger partial charge in [-0.15, -0.1) is 0 Å². The van der Waals surface area contributed by atoms with E-state index in [0.29, 0.717) is 5.69 Å². The van der Waals surface area contributed by atoms with Crippen molar-refractivity contribution in [1.82, 2.24) is 5.32 Å². The highest BCUT2D eigenvalue weighted by Gasteiger charge is 2.06. The minimum absolute atomic E-state index is 0.0886. The van der Waals surface area contributed by atoms with E-state index in [1.807, 2.05) is 13.8 Å². The number of hydrogen-bond acceptors (Lipinski definition) is 2. The Bertz CT molecular complexity index is 355. The molecule has 16 heavy (non-hydrogen) atoms. The van der Waals surface area contributed by atoms with Crippen LogP contribution in [0.2, 0.25) is 0 Å². The maximum atomic E-state index is 13.2. The summed E-state index contributed by atoms with van der Waals surface area (Å²) in [7, 11) is 0. The number of benzene rings is 1. The monoisotopic (exact) mass is 224 g/mol. The standard InChI is InChI=1S/C12H17FN2O/c1-3-9(2)15-12(16)8-14-11-7-5-4-6-10(11)13/h4-7,9,14H,3,8H2,1-2H3,(H,15,16). The molecule has 0 saturated carbocycles. The van der Waals surface area contributed by atoms with E-state index >= 15 is 0 Å². The van der Waals surface area contributed by atoms with E-state index < -0.39 is 0 Å². The highest BCUT2D eigenvalue weighted by atomic mass is 19.1. The molecule has 0 spiro atoms. The van der Waals surface area contributed by atoms with E-state index in [4.69, 9.17) is 0 Å². The molecule has 3 nitrogen and oxygen atoms in total. The minimum atomic E-state index is -0.348. The Morgan fingerprint density at radius 3 is 2.75 bits per heavy atom. The van der Waals surface area contributed by atoms with Crippen LogP contribution in [-0.4, -0.2) is 18.5 Å². The normalized spacial score (nSPS) is 11.9. The Hall–Kier alpha value is -1.58. The van der Waals surface area contributed by atoms with Crippen LogP contribution in [0.5, 0.6) is 0 Å². The Morgan fingerprint density at radius 2 is 2.12 bits per heavy atom. The van der Waals surface area contributed by atoms with Crippen molar-refractivity contribution in [2.24, 2.45) is 0 Å². The molecular weight excluding hydrogens is 207 g/mol. The Labute approximate surface area is 95.0 Å². The van der Waals surface area contributed by atoms with Crippen molar-refractivity contribution in [2.75, 3.05) is 11.9 Å². The molecule has 0 aliphatic heterocycles. The lowest BCUT2D eigenvalue weighted by Gasteiger charge is -2.12. The molecule has 0 fully saturated rings. The molecule has 0 bridgehead atoms. The van der Waals surface area contributed by atoms with Gasteiger partial charge in [-0.3, -0.25) is 4.79 Å². The van der Waals surface area contributed by atoms with Gasteiger partial charge in [-0.1, -0.05) is 19.1 Å². The third kappa shape index (κ3) is 3.88. The van der Waals surface area contributed by atoms with Crippen LogP contribution in [0.3, 0.4) is 0 Å². The van der Waals surface area contributed by atoms with Crippen molar-refractivity contribution >= 4 is 11.6 Å².